The van der Waals surface area contributed by atoms with Gasteiger partial charge in [-0.25, -0.2) is 9.97 Å². The zero-order valence-corrected chi connectivity index (χ0v) is 9.55. The lowest BCUT2D eigenvalue weighted by atomic mass is 10.4. The molecule has 0 spiro atoms. The highest BCUT2D eigenvalue weighted by molar-refractivity contribution is 9.10. The molecule has 0 saturated carbocycles. The number of nitrogens with zero attached hydrogens (tertiary/aromatic N) is 4. The van der Waals surface area contributed by atoms with Crippen LogP contribution in [0.1, 0.15) is 0 Å². The van der Waals surface area contributed by atoms with Gasteiger partial charge in [-0.05, 0) is 28.1 Å². The maximum absolute atomic E-state index is 4.19. The summed E-state index contributed by atoms with van der Waals surface area (Å²) in [6, 6.07) is 3.87. The third kappa shape index (κ3) is 3.02. The Morgan fingerprint density at radius 2 is 2.33 bits per heavy atom. The minimum Gasteiger partial charge on any atom is -0.368 e. The van der Waals surface area contributed by atoms with E-state index in [0.29, 0.717) is 0 Å². The van der Waals surface area contributed by atoms with Crippen LogP contribution in [-0.2, 0) is 6.54 Å². The topological polar surface area (TPSA) is 55.6 Å². The fourth-order valence-electron chi connectivity index (χ4n) is 1.13. The summed E-state index contributed by atoms with van der Waals surface area (Å²) in [7, 11) is 0. The molecule has 0 fully saturated rings. The Kier molecular flexibility index (Phi) is 3.29. The smallest absolute Gasteiger partial charge is 0.137 e. The highest BCUT2D eigenvalue weighted by Crippen LogP contribution is 2.09. The van der Waals surface area contributed by atoms with Crippen molar-refractivity contribution in [3.05, 3.63) is 35.5 Å². The molecular formula is C9H10BrN5. The van der Waals surface area contributed by atoms with Crippen molar-refractivity contribution in [1.29, 1.82) is 0 Å². The summed E-state index contributed by atoms with van der Waals surface area (Å²) in [5, 5.41) is 7.19. The Labute approximate surface area is 95.7 Å². The number of hydrogen-bond donors (Lipinski definition) is 1. The Morgan fingerprint density at radius 1 is 1.40 bits per heavy atom. The van der Waals surface area contributed by atoms with Crippen LogP contribution in [0.2, 0.25) is 0 Å². The van der Waals surface area contributed by atoms with Crippen LogP contribution in [0.25, 0.3) is 0 Å². The molecular weight excluding hydrogens is 258 g/mol. The molecule has 0 aliphatic rings. The summed E-state index contributed by atoms with van der Waals surface area (Å²) in [5.41, 5.74) is 0. The molecule has 78 valence electrons. The second-order valence-electron chi connectivity index (χ2n) is 2.95. The van der Waals surface area contributed by atoms with Gasteiger partial charge in [0.15, 0.2) is 0 Å². The zero-order chi connectivity index (χ0) is 10.5. The monoisotopic (exact) mass is 267 g/mol. The fraction of sp³-hybridized carbons (Fsp3) is 0.222. The quantitative estimate of drug-likeness (QED) is 0.914. The fourth-order valence-corrected chi connectivity index (χ4v) is 1.36. The van der Waals surface area contributed by atoms with E-state index in [1.165, 1.54) is 6.33 Å². The summed E-state index contributed by atoms with van der Waals surface area (Å²) in [6.45, 7) is 1.55. The van der Waals surface area contributed by atoms with Gasteiger partial charge in [0.05, 0.1) is 6.54 Å². The molecule has 0 radical (unpaired) electrons. The Bertz CT molecular complexity index is 397. The van der Waals surface area contributed by atoms with Gasteiger partial charge >= 0.3 is 0 Å². The molecule has 0 bridgehead atoms. The molecule has 0 aromatic carbocycles. The van der Waals surface area contributed by atoms with E-state index >= 15 is 0 Å². The number of halogens is 1. The lowest BCUT2D eigenvalue weighted by Crippen LogP contribution is -2.11. The largest absolute Gasteiger partial charge is 0.368 e. The van der Waals surface area contributed by atoms with Gasteiger partial charge in [0, 0.05) is 17.2 Å². The number of anilines is 1. The number of aromatic nitrogens is 4. The van der Waals surface area contributed by atoms with Crippen LogP contribution in [0.3, 0.4) is 0 Å². The molecule has 0 amide bonds. The van der Waals surface area contributed by atoms with Crippen LogP contribution >= 0.6 is 15.9 Å². The SMILES string of the molecule is Brc1ccc(NCCn2cncn2)nc1. The van der Waals surface area contributed by atoms with Crippen LogP contribution < -0.4 is 5.32 Å². The summed E-state index contributed by atoms with van der Waals surface area (Å²) in [5.74, 6) is 0.860. The van der Waals surface area contributed by atoms with Crippen molar-refractivity contribution in [2.45, 2.75) is 6.54 Å². The predicted molar refractivity (Wildman–Crippen MR) is 60.4 cm³/mol. The maximum atomic E-state index is 4.19. The van der Waals surface area contributed by atoms with E-state index in [4.69, 9.17) is 0 Å². The second-order valence-corrected chi connectivity index (χ2v) is 3.86. The third-order valence-electron chi connectivity index (χ3n) is 1.84. The lowest BCUT2D eigenvalue weighted by Gasteiger charge is -2.04. The van der Waals surface area contributed by atoms with E-state index in [9.17, 15) is 0 Å². The Hall–Kier alpha value is -1.43. The molecule has 0 saturated heterocycles. The summed E-state index contributed by atoms with van der Waals surface area (Å²) in [6.07, 6.45) is 4.98. The van der Waals surface area contributed by atoms with Gasteiger partial charge < -0.3 is 5.32 Å². The van der Waals surface area contributed by atoms with Crippen molar-refractivity contribution in [1.82, 2.24) is 19.7 Å². The van der Waals surface area contributed by atoms with Gasteiger partial charge in [-0.3, -0.25) is 4.68 Å². The molecule has 0 aliphatic heterocycles. The van der Waals surface area contributed by atoms with Crippen LogP contribution in [0.5, 0.6) is 0 Å². The van der Waals surface area contributed by atoms with E-state index in [2.05, 4.69) is 36.3 Å². The first-order chi connectivity index (χ1) is 7.34. The number of rotatable bonds is 4. The van der Waals surface area contributed by atoms with Gasteiger partial charge in [0.2, 0.25) is 0 Å². The minimum atomic E-state index is 0.776. The Morgan fingerprint density at radius 3 is 3.00 bits per heavy atom. The number of hydrogen-bond acceptors (Lipinski definition) is 4. The van der Waals surface area contributed by atoms with Crippen molar-refractivity contribution < 1.29 is 0 Å². The van der Waals surface area contributed by atoms with Gasteiger partial charge in [-0.15, -0.1) is 0 Å². The molecule has 2 aromatic heterocycles. The Balaban J connectivity index is 1.81. The van der Waals surface area contributed by atoms with Crippen LogP contribution in [0, 0.1) is 0 Å². The molecule has 2 aromatic rings. The average Bonchev–Trinajstić information content (AvgIpc) is 2.74. The number of nitrogens with one attached hydrogen (secondary N) is 1. The van der Waals surface area contributed by atoms with E-state index in [1.54, 1.807) is 17.2 Å². The summed E-state index contributed by atoms with van der Waals surface area (Å²) in [4.78, 5) is 8.06. The molecule has 5 nitrogen and oxygen atoms in total. The molecule has 2 heterocycles. The maximum Gasteiger partial charge on any atom is 0.137 e. The van der Waals surface area contributed by atoms with E-state index < -0.39 is 0 Å². The standard InChI is InChI=1S/C9H10BrN5/c10-8-1-2-9(13-5-8)12-3-4-15-7-11-6-14-15/h1-2,5-7H,3-4H2,(H,12,13). The van der Waals surface area contributed by atoms with Crippen LogP contribution in [0.15, 0.2) is 35.5 Å². The van der Waals surface area contributed by atoms with Crippen LogP contribution in [-0.4, -0.2) is 26.3 Å². The van der Waals surface area contributed by atoms with Gasteiger partial charge in [-0.2, -0.15) is 5.10 Å². The zero-order valence-electron chi connectivity index (χ0n) is 7.97. The van der Waals surface area contributed by atoms with Crippen molar-refractivity contribution >= 4 is 21.7 Å². The van der Waals surface area contributed by atoms with E-state index in [-0.39, 0.29) is 0 Å². The molecule has 0 aliphatic carbocycles. The first-order valence-corrected chi connectivity index (χ1v) is 5.32. The van der Waals surface area contributed by atoms with E-state index in [0.717, 1.165) is 23.4 Å². The van der Waals surface area contributed by atoms with Crippen LogP contribution in [0.4, 0.5) is 5.82 Å². The van der Waals surface area contributed by atoms with Crippen molar-refractivity contribution in [2.75, 3.05) is 11.9 Å². The van der Waals surface area contributed by atoms with Crippen molar-refractivity contribution in [2.24, 2.45) is 0 Å². The second kappa shape index (κ2) is 4.88. The third-order valence-corrected chi connectivity index (χ3v) is 2.31. The average molecular weight is 268 g/mol. The van der Waals surface area contributed by atoms with Gasteiger partial charge in [-0.1, -0.05) is 0 Å². The minimum absolute atomic E-state index is 0.776. The lowest BCUT2D eigenvalue weighted by molar-refractivity contribution is 0.635. The van der Waals surface area contributed by atoms with Gasteiger partial charge in [0.25, 0.3) is 0 Å². The molecule has 15 heavy (non-hydrogen) atoms. The normalized spacial score (nSPS) is 10.2. The molecule has 6 heteroatoms. The first-order valence-electron chi connectivity index (χ1n) is 4.52. The highest BCUT2D eigenvalue weighted by Gasteiger charge is 1.94. The summed E-state index contributed by atoms with van der Waals surface area (Å²) >= 11 is 3.33. The highest BCUT2D eigenvalue weighted by atomic mass is 79.9. The van der Waals surface area contributed by atoms with E-state index in [1.807, 2.05) is 12.1 Å². The van der Waals surface area contributed by atoms with Crippen molar-refractivity contribution in [3.63, 3.8) is 0 Å². The van der Waals surface area contributed by atoms with Crippen molar-refractivity contribution in [3.8, 4) is 0 Å². The molecule has 0 atom stereocenters. The predicted octanol–water partition coefficient (Wildman–Crippen LogP) is 1.55. The molecule has 2 rings (SSSR count). The summed E-state index contributed by atoms with van der Waals surface area (Å²) < 4.78 is 2.75. The molecule has 0 unspecified atom stereocenters. The van der Waals surface area contributed by atoms with Gasteiger partial charge in [0.1, 0.15) is 18.5 Å². The number of pyridine rings is 1. The first kappa shape index (κ1) is 10.1. The molecule has 1 N–H and O–H groups in total.